The van der Waals surface area contributed by atoms with E-state index in [-0.39, 0.29) is 16.5 Å². The predicted molar refractivity (Wildman–Crippen MR) is 117 cm³/mol. The highest BCUT2D eigenvalue weighted by atomic mass is 35.5. The second-order valence-electron chi connectivity index (χ2n) is 7.25. The molecule has 2 aromatic carbocycles. The Labute approximate surface area is 184 Å². The van der Waals surface area contributed by atoms with Crippen LogP contribution >= 0.6 is 34.8 Å². The van der Waals surface area contributed by atoms with Crippen LogP contribution in [0, 0.1) is 0 Å². The molecule has 0 fully saturated rings. The van der Waals surface area contributed by atoms with Crippen LogP contribution in [0.25, 0.3) is 0 Å². The van der Waals surface area contributed by atoms with Gasteiger partial charge in [0, 0.05) is 11.4 Å². The van der Waals surface area contributed by atoms with Crippen molar-refractivity contribution in [3.63, 3.8) is 0 Å². The van der Waals surface area contributed by atoms with Gasteiger partial charge in [-0.25, -0.2) is 4.79 Å². The zero-order valence-corrected chi connectivity index (χ0v) is 18.5. The summed E-state index contributed by atoms with van der Waals surface area (Å²) in [7, 11) is 0. The number of halogens is 3. The number of hydrazine groups is 1. The van der Waals surface area contributed by atoms with Crippen molar-refractivity contribution in [3.05, 3.63) is 63.1 Å². The van der Waals surface area contributed by atoms with Gasteiger partial charge in [-0.2, -0.15) is 0 Å². The van der Waals surface area contributed by atoms with Crippen molar-refractivity contribution in [2.24, 2.45) is 0 Å². The molecule has 0 aliphatic heterocycles. The van der Waals surface area contributed by atoms with Crippen LogP contribution in [-0.2, 0) is 16.0 Å². The summed E-state index contributed by atoms with van der Waals surface area (Å²) >= 11 is 18.1. The lowest BCUT2D eigenvalue weighted by Crippen LogP contribution is -2.50. The molecule has 29 heavy (non-hydrogen) atoms. The summed E-state index contributed by atoms with van der Waals surface area (Å²) < 4.78 is 5.26. The molecule has 3 N–H and O–H groups in total. The van der Waals surface area contributed by atoms with Gasteiger partial charge < -0.3 is 10.1 Å². The zero-order valence-electron chi connectivity index (χ0n) is 16.2. The molecule has 156 valence electrons. The molecule has 1 unspecified atom stereocenters. The molecular weight excluding hydrogens is 437 g/mol. The lowest BCUT2D eigenvalue weighted by molar-refractivity contribution is -0.122. The van der Waals surface area contributed by atoms with E-state index < -0.39 is 23.6 Å². The first-order valence-corrected chi connectivity index (χ1v) is 9.92. The molecule has 6 nitrogen and oxygen atoms in total. The van der Waals surface area contributed by atoms with Crippen molar-refractivity contribution in [1.29, 1.82) is 0 Å². The third kappa shape index (κ3) is 7.65. The minimum absolute atomic E-state index is 0.238. The maximum Gasteiger partial charge on any atom is 0.408 e. The third-order valence-electron chi connectivity index (χ3n) is 3.61. The van der Waals surface area contributed by atoms with E-state index in [2.05, 4.69) is 16.2 Å². The van der Waals surface area contributed by atoms with E-state index in [0.717, 1.165) is 5.56 Å². The maximum atomic E-state index is 12.8. The molecule has 0 bridgehead atoms. The number of carbonyl (C=O) groups is 2. The molecule has 1 atom stereocenters. The largest absolute Gasteiger partial charge is 0.444 e. The molecule has 0 saturated heterocycles. The Kier molecular flexibility index (Phi) is 8.02. The van der Waals surface area contributed by atoms with Gasteiger partial charge in [-0.1, -0.05) is 65.1 Å². The quantitative estimate of drug-likeness (QED) is 0.518. The highest BCUT2D eigenvalue weighted by molar-refractivity contribution is 6.41. The lowest BCUT2D eigenvalue weighted by atomic mass is 10.1. The van der Waals surface area contributed by atoms with E-state index in [4.69, 9.17) is 39.5 Å². The van der Waals surface area contributed by atoms with Crippen molar-refractivity contribution in [2.75, 3.05) is 5.43 Å². The van der Waals surface area contributed by atoms with Crippen LogP contribution in [0.15, 0.2) is 42.5 Å². The first-order chi connectivity index (χ1) is 13.5. The van der Waals surface area contributed by atoms with E-state index in [1.807, 2.05) is 30.3 Å². The number of anilines is 1. The summed E-state index contributed by atoms with van der Waals surface area (Å²) in [5.41, 5.74) is 5.67. The molecule has 0 aromatic heterocycles. The Morgan fingerprint density at radius 2 is 1.62 bits per heavy atom. The molecule has 0 aliphatic rings. The molecule has 2 aromatic rings. The molecule has 0 radical (unpaired) electrons. The molecule has 2 amide bonds. The van der Waals surface area contributed by atoms with Gasteiger partial charge in [-0.05, 0) is 38.5 Å². The molecule has 0 saturated carbocycles. The molecule has 2 rings (SSSR count). The summed E-state index contributed by atoms with van der Waals surface area (Å²) in [4.78, 5) is 24.9. The second kappa shape index (κ2) is 10.1. The van der Waals surface area contributed by atoms with E-state index in [0.29, 0.717) is 10.7 Å². The fraction of sp³-hybridized carbons (Fsp3) is 0.300. The topological polar surface area (TPSA) is 79.5 Å². The summed E-state index contributed by atoms with van der Waals surface area (Å²) in [5.74, 6) is -0.498. The fourth-order valence-corrected chi connectivity index (χ4v) is 3.29. The third-order valence-corrected chi connectivity index (χ3v) is 4.42. The Morgan fingerprint density at radius 1 is 1.03 bits per heavy atom. The molecular formula is C20H22Cl3N3O3. The standard InChI is InChI=1S/C20H22Cl3N3O3/c1-20(2,3)29-19(28)24-16(9-12-7-5-4-6-8-12)18(27)26-25-17-14(22)10-13(21)11-15(17)23/h4-8,10-11,16,25H,9H2,1-3H3,(H,24,28)(H,26,27). The average molecular weight is 459 g/mol. The number of hydrogen-bond donors (Lipinski definition) is 3. The number of nitrogens with one attached hydrogen (secondary N) is 3. The summed E-state index contributed by atoms with van der Waals surface area (Å²) in [6, 6.07) is 11.4. The molecule has 0 spiro atoms. The van der Waals surface area contributed by atoms with E-state index in [1.165, 1.54) is 12.1 Å². The van der Waals surface area contributed by atoms with Crippen molar-refractivity contribution < 1.29 is 14.3 Å². The first-order valence-electron chi connectivity index (χ1n) is 8.79. The summed E-state index contributed by atoms with van der Waals surface area (Å²) in [6.07, 6.45) is -0.438. The Balaban J connectivity index is 2.12. The van der Waals surface area contributed by atoms with Gasteiger partial charge in [0.1, 0.15) is 11.6 Å². The Hall–Kier alpha value is -2.15. The normalized spacial score (nSPS) is 12.1. The number of alkyl carbamates (subject to hydrolysis) is 1. The smallest absolute Gasteiger partial charge is 0.408 e. The van der Waals surface area contributed by atoms with Crippen LogP contribution in [-0.4, -0.2) is 23.6 Å². The van der Waals surface area contributed by atoms with Crippen LogP contribution in [0.4, 0.5) is 10.5 Å². The van der Waals surface area contributed by atoms with Crippen LogP contribution in [0.3, 0.4) is 0 Å². The minimum Gasteiger partial charge on any atom is -0.444 e. The number of rotatable bonds is 6. The Bertz CT molecular complexity index is 847. The van der Waals surface area contributed by atoms with Gasteiger partial charge in [-0.3, -0.25) is 15.6 Å². The predicted octanol–water partition coefficient (Wildman–Crippen LogP) is 5.23. The van der Waals surface area contributed by atoms with Crippen LogP contribution in [0.5, 0.6) is 0 Å². The Morgan fingerprint density at radius 3 is 2.17 bits per heavy atom. The van der Waals surface area contributed by atoms with Gasteiger partial charge in [0.2, 0.25) is 0 Å². The zero-order chi connectivity index (χ0) is 21.6. The highest BCUT2D eigenvalue weighted by Crippen LogP contribution is 2.33. The van der Waals surface area contributed by atoms with Crippen molar-refractivity contribution in [2.45, 2.75) is 38.8 Å². The van der Waals surface area contributed by atoms with E-state index in [9.17, 15) is 9.59 Å². The first kappa shape index (κ1) is 23.1. The molecule has 9 heteroatoms. The van der Waals surface area contributed by atoms with Gasteiger partial charge in [0.15, 0.2) is 0 Å². The van der Waals surface area contributed by atoms with E-state index >= 15 is 0 Å². The van der Waals surface area contributed by atoms with Crippen LogP contribution in [0.2, 0.25) is 15.1 Å². The molecule has 0 heterocycles. The van der Waals surface area contributed by atoms with Crippen LogP contribution < -0.4 is 16.2 Å². The summed E-state index contributed by atoms with van der Waals surface area (Å²) in [6.45, 7) is 5.22. The monoisotopic (exact) mass is 457 g/mol. The highest BCUT2D eigenvalue weighted by Gasteiger charge is 2.25. The fourth-order valence-electron chi connectivity index (χ4n) is 2.38. The average Bonchev–Trinajstić information content (AvgIpc) is 2.59. The second-order valence-corrected chi connectivity index (χ2v) is 8.50. The number of amides is 2. The number of ether oxygens (including phenoxy) is 1. The van der Waals surface area contributed by atoms with Gasteiger partial charge in [0.25, 0.3) is 5.91 Å². The lowest BCUT2D eigenvalue weighted by Gasteiger charge is -2.24. The van der Waals surface area contributed by atoms with Crippen molar-refractivity contribution in [1.82, 2.24) is 10.7 Å². The van der Waals surface area contributed by atoms with Gasteiger partial charge in [-0.15, -0.1) is 0 Å². The van der Waals surface area contributed by atoms with Crippen molar-refractivity contribution in [3.8, 4) is 0 Å². The maximum absolute atomic E-state index is 12.8. The number of hydrogen-bond acceptors (Lipinski definition) is 4. The SMILES string of the molecule is CC(C)(C)OC(=O)NC(Cc1ccccc1)C(=O)NNc1c(Cl)cc(Cl)cc1Cl. The molecule has 0 aliphatic carbocycles. The minimum atomic E-state index is -0.899. The number of benzene rings is 2. The van der Waals surface area contributed by atoms with Gasteiger partial charge >= 0.3 is 6.09 Å². The van der Waals surface area contributed by atoms with Crippen LogP contribution in [0.1, 0.15) is 26.3 Å². The van der Waals surface area contributed by atoms with Crippen molar-refractivity contribution >= 4 is 52.5 Å². The number of carbonyl (C=O) groups excluding carboxylic acids is 2. The van der Waals surface area contributed by atoms with E-state index in [1.54, 1.807) is 20.8 Å². The summed E-state index contributed by atoms with van der Waals surface area (Å²) in [5, 5.41) is 3.44. The van der Waals surface area contributed by atoms with Gasteiger partial charge in [0.05, 0.1) is 15.7 Å².